The van der Waals surface area contributed by atoms with E-state index in [1.165, 1.54) is 30.3 Å². The van der Waals surface area contributed by atoms with Crippen LogP contribution in [0.4, 0.5) is 11.4 Å². The zero-order valence-electron chi connectivity index (χ0n) is 13.8. The van der Waals surface area contributed by atoms with E-state index in [0.29, 0.717) is 5.56 Å². The zero-order chi connectivity index (χ0) is 19.9. The number of anilines is 1. The fourth-order valence-electron chi connectivity index (χ4n) is 2.62. The van der Waals surface area contributed by atoms with Gasteiger partial charge in [-0.1, -0.05) is 29.3 Å². The molecule has 10 heteroatoms. The van der Waals surface area contributed by atoms with Crippen LogP contribution in [-0.4, -0.2) is 34.1 Å². The number of carbonyl (C=O) groups is 3. The summed E-state index contributed by atoms with van der Waals surface area (Å²) in [6.07, 6.45) is 0. The number of hydrogen-bond donors (Lipinski definition) is 1. The molecule has 1 aliphatic heterocycles. The molecule has 0 radical (unpaired) electrons. The lowest BCUT2D eigenvalue weighted by Gasteiger charge is -2.14. The number of nitrogens with zero attached hydrogens (tertiary/aromatic N) is 2. The highest BCUT2D eigenvalue weighted by Gasteiger charge is 2.37. The fraction of sp³-hybridized carbons (Fsp3) is 0.118. The molecular formula is C17H11Cl2N3O5. The molecular weight excluding hydrogens is 397 g/mol. The number of nitro benzene ring substituents is 1. The number of carbonyl (C=O) groups excluding carboxylic acids is 3. The van der Waals surface area contributed by atoms with Crippen LogP contribution in [-0.2, 0) is 4.79 Å². The summed E-state index contributed by atoms with van der Waals surface area (Å²) in [5, 5.41) is 13.6. The summed E-state index contributed by atoms with van der Waals surface area (Å²) < 4.78 is 0. The van der Waals surface area contributed by atoms with E-state index in [9.17, 15) is 24.5 Å². The second-order valence-corrected chi connectivity index (χ2v) is 6.63. The molecule has 27 heavy (non-hydrogen) atoms. The van der Waals surface area contributed by atoms with Gasteiger partial charge in [0.2, 0.25) is 5.91 Å². The van der Waals surface area contributed by atoms with Crippen LogP contribution >= 0.6 is 23.2 Å². The molecule has 0 aromatic heterocycles. The average Bonchev–Trinajstić information content (AvgIpc) is 2.82. The summed E-state index contributed by atoms with van der Waals surface area (Å²) >= 11 is 11.8. The van der Waals surface area contributed by atoms with E-state index in [-0.39, 0.29) is 32.5 Å². The molecule has 1 N–H and O–H groups in total. The van der Waals surface area contributed by atoms with Gasteiger partial charge in [0.25, 0.3) is 17.5 Å². The van der Waals surface area contributed by atoms with Gasteiger partial charge < -0.3 is 5.32 Å². The Labute approximate surface area is 162 Å². The summed E-state index contributed by atoms with van der Waals surface area (Å²) in [6, 6.07) is 6.56. The minimum absolute atomic E-state index is 0.0636. The van der Waals surface area contributed by atoms with Crippen molar-refractivity contribution in [3.8, 4) is 0 Å². The number of benzene rings is 2. The minimum atomic E-state index is -0.676. The van der Waals surface area contributed by atoms with Crippen LogP contribution < -0.4 is 5.32 Å². The maximum absolute atomic E-state index is 12.4. The van der Waals surface area contributed by atoms with Gasteiger partial charge in [0.1, 0.15) is 6.54 Å². The number of amides is 3. The average molecular weight is 408 g/mol. The van der Waals surface area contributed by atoms with Crippen LogP contribution in [0.2, 0.25) is 10.0 Å². The number of fused-ring (bicyclic) bond motifs is 1. The number of rotatable bonds is 4. The second-order valence-electron chi connectivity index (χ2n) is 5.81. The van der Waals surface area contributed by atoms with Gasteiger partial charge in [-0.2, -0.15) is 0 Å². The first kappa shape index (κ1) is 18.8. The van der Waals surface area contributed by atoms with E-state index in [0.717, 1.165) is 4.90 Å². The van der Waals surface area contributed by atoms with Crippen LogP contribution in [0.3, 0.4) is 0 Å². The quantitative estimate of drug-likeness (QED) is 0.474. The number of imide groups is 1. The van der Waals surface area contributed by atoms with Crippen molar-refractivity contribution in [1.82, 2.24) is 4.90 Å². The minimum Gasteiger partial charge on any atom is -0.324 e. The van der Waals surface area contributed by atoms with E-state index in [1.54, 1.807) is 6.92 Å². The lowest BCUT2D eigenvalue weighted by Crippen LogP contribution is -2.37. The molecule has 0 unspecified atom stereocenters. The van der Waals surface area contributed by atoms with E-state index < -0.39 is 29.2 Å². The van der Waals surface area contributed by atoms with Crippen molar-refractivity contribution in [2.24, 2.45) is 0 Å². The molecule has 2 aromatic carbocycles. The molecule has 2 aromatic rings. The van der Waals surface area contributed by atoms with Crippen molar-refractivity contribution in [3.63, 3.8) is 0 Å². The fourth-order valence-corrected chi connectivity index (χ4v) is 2.95. The number of hydrogen-bond acceptors (Lipinski definition) is 5. The van der Waals surface area contributed by atoms with Gasteiger partial charge in [-0.3, -0.25) is 29.4 Å². The number of aryl methyl sites for hydroxylation is 1. The number of nitro groups is 1. The Morgan fingerprint density at radius 1 is 1.11 bits per heavy atom. The van der Waals surface area contributed by atoms with E-state index in [1.807, 2.05) is 0 Å². The summed E-state index contributed by atoms with van der Waals surface area (Å²) in [6.45, 7) is 1.11. The third kappa shape index (κ3) is 3.49. The molecule has 0 bridgehead atoms. The molecule has 0 spiro atoms. The Morgan fingerprint density at radius 3 is 2.19 bits per heavy atom. The Hall–Kier alpha value is -2.97. The van der Waals surface area contributed by atoms with Crippen molar-refractivity contribution < 1.29 is 19.3 Å². The van der Waals surface area contributed by atoms with Crippen molar-refractivity contribution in [2.45, 2.75) is 6.92 Å². The van der Waals surface area contributed by atoms with Gasteiger partial charge in [0.15, 0.2) is 0 Å². The van der Waals surface area contributed by atoms with Gasteiger partial charge in [0, 0.05) is 12.1 Å². The monoisotopic (exact) mass is 407 g/mol. The summed E-state index contributed by atoms with van der Waals surface area (Å²) in [5.41, 5.74) is 0.746. The maximum Gasteiger partial charge on any atom is 0.271 e. The third-order valence-electron chi connectivity index (χ3n) is 4.02. The SMILES string of the molecule is Cc1ccc([N+](=O)[O-])cc1NC(=O)CN1C(=O)c2cc(Cl)c(Cl)cc2C1=O. The second kappa shape index (κ2) is 6.98. The number of halogens is 2. The molecule has 3 rings (SSSR count). The molecule has 138 valence electrons. The van der Waals surface area contributed by atoms with Gasteiger partial charge >= 0.3 is 0 Å². The topological polar surface area (TPSA) is 110 Å². The summed E-state index contributed by atoms with van der Waals surface area (Å²) in [7, 11) is 0. The van der Waals surface area contributed by atoms with E-state index >= 15 is 0 Å². The van der Waals surface area contributed by atoms with Crippen molar-refractivity contribution in [2.75, 3.05) is 11.9 Å². The molecule has 0 aliphatic carbocycles. The zero-order valence-corrected chi connectivity index (χ0v) is 15.3. The van der Waals surface area contributed by atoms with E-state index in [2.05, 4.69) is 5.32 Å². The molecule has 0 atom stereocenters. The highest BCUT2D eigenvalue weighted by molar-refractivity contribution is 6.43. The van der Waals surface area contributed by atoms with Crippen LogP contribution in [0.15, 0.2) is 30.3 Å². The van der Waals surface area contributed by atoms with Crippen molar-refractivity contribution in [3.05, 3.63) is 67.2 Å². The highest BCUT2D eigenvalue weighted by Crippen LogP contribution is 2.31. The van der Waals surface area contributed by atoms with Gasteiger partial charge in [-0.05, 0) is 24.6 Å². The molecule has 3 amide bonds. The van der Waals surface area contributed by atoms with Crippen LogP contribution in [0, 0.1) is 17.0 Å². The smallest absolute Gasteiger partial charge is 0.271 e. The predicted octanol–water partition coefficient (Wildman–Crippen LogP) is 3.44. The lowest BCUT2D eigenvalue weighted by molar-refractivity contribution is -0.384. The third-order valence-corrected chi connectivity index (χ3v) is 4.74. The van der Waals surface area contributed by atoms with Crippen LogP contribution in [0.25, 0.3) is 0 Å². The van der Waals surface area contributed by atoms with Gasteiger partial charge in [-0.25, -0.2) is 0 Å². The predicted molar refractivity (Wildman–Crippen MR) is 98.3 cm³/mol. The first-order valence-electron chi connectivity index (χ1n) is 7.59. The lowest BCUT2D eigenvalue weighted by atomic mass is 10.1. The molecule has 1 heterocycles. The van der Waals surface area contributed by atoms with E-state index in [4.69, 9.17) is 23.2 Å². The Balaban J connectivity index is 1.79. The maximum atomic E-state index is 12.4. The number of nitrogens with one attached hydrogen (secondary N) is 1. The molecule has 8 nitrogen and oxygen atoms in total. The Kier molecular flexibility index (Phi) is 4.86. The first-order chi connectivity index (χ1) is 12.7. The van der Waals surface area contributed by atoms with Gasteiger partial charge in [-0.15, -0.1) is 0 Å². The Morgan fingerprint density at radius 2 is 1.67 bits per heavy atom. The molecule has 0 saturated heterocycles. The standard InChI is InChI=1S/C17H11Cl2N3O5/c1-8-2-3-9(22(26)27)4-14(8)20-15(23)7-21-16(24)10-5-12(18)13(19)6-11(10)17(21)25/h2-6H,7H2,1H3,(H,20,23). The van der Waals surface area contributed by atoms with Crippen molar-refractivity contribution in [1.29, 1.82) is 0 Å². The molecule has 0 saturated carbocycles. The first-order valence-corrected chi connectivity index (χ1v) is 8.34. The van der Waals surface area contributed by atoms with Crippen LogP contribution in [0.5, 0.6) is 0 Å². The summed E-state index contributed by atoms with van der Waals surface area (Å²) in [4.78, 5) is 48.1. The van der Waals surface area contributed by atoms with Crippen LogP contribution in [0.1, 0.15) is 26.3 Å². The van der Waals surface area contributed by atoms with Gasteiger partial charge in [0.05, 0.1) is 31.8 Å². The number of non-ortho nitro benzene ring substituents is 1. The Bertz CT molecular complexity index is 981. The normalized spacial score (nSPS) is 12.9. The highest BCUT2D eigenvalue weighted by atomic mass is 35.5. The molecule has 0 fully saturated rings. The largest absolute Gasteiger partial charge is 0.324 e. The summed E-state index contributed by atoms with van der Waals surface area (Å²) in [5.74, 6) is -2.01. The molecule has 1 aliphatic rings. The van der Waals surface area contributed by atoms with Crippen molar-refractivity contribution >= 4 is 52.3 Å².